The van der Waals surface area contributed by atoms with Crippen LogP contribution in [0.2, 0.25) is 0 Å². The predicted molar refractivity (Wildman–Crippen MR) is 71.6 cm³/mol. The second kappa shape index (κ2) is 5.41. The van der Waals surface area contributed by atoms with Crippen LogP contribution in [0.4, 0.5) is 5.69 Å². The zero-order chi connectivity index (χ0) is 12.3. The third kappa shape index (κ3) is 2.72. The Kier molecular flexibility index (Phi) is 3.89. The van der Waals surface area contributed by atoms with Gasteiger partial charge in [-0.15, -0.1) is 0 Å². The lowest BCUT2D eigenvalue weighted by Crippen LogP contribution is -2.35. The zero-order valence-corrected chi connectivity index (χ0v) is 10.7. The standard InChI is InChI=1S/C14H22N2O/c1-3-16(4-2)10-11-8-12-6-5-7-13(17)14(12)15-9-11/h5-7,11,15,17H,3-4,8-10H2,1-2H3. The number of hydrogen-bond donors (Lipinski definition) is 2. The largest absolute Gasteiger partial charge is 0.506 e. The molecule has 0 amide bonds. The third-order valence-corrected chi connectivity index (χ3v) is 3.62. The van der Waals surface area contributed by atoms with E-state index in [4.69, 9.17) is 0 Å². The second-order valence-corrected chi connectivity index (χ2v) is 4.75. The van der Waals surface area contributed by atoms with E-state index in [1.807, 2.05) is 6.07 Å². The van der Waals surface area contributed by atoms with Crippen molar-refractivity contribution in [3.05, 3.63) is 23.8 Å². The summed E-state index contributed by atoms with van der Waals surface area (Å²) in [6, 6.07) is 5.78. The van der Waals surface area contributed by atoms with Crippen LogP contribution in [-0.4, -0.2) is 36.2 Å². The third-order valence-electron chi connectivity index (χ3n) is 3.62. The van der Waals surface area contributed by atoms with E-state index in [-0.39, 0.29) is 0 Å². The molecular weight excluding hydrogens is 212 g/mol. The maximum Gasteiger partial charge on any atom is 0.138 e. The molecule has 1 heterocycles. The Morgan fingerprint density at radius 3 is 2.82 bits per heavy atom. The molecule has 0 saturated carbocycles. The number of nitrogens with one attached hydrogen (secondary N) is 1. The van der Waals surface area contributed by atoms with Crippen molar-refractivity contribution in [3.8, 4) is 5.75 Å². The van der Waals surface area contributed by atoms with Gasteiger partial charge in [-0.2, -0.15) is 0 Å². The van der Waals surface area contributed by atoms with E-state index in [0.29, 0.717) is 11.7 Å². The van der Waals surface area contributed by atoms with Gasteiger partial charge < -0.3 is 15.3 Å². The van der Waals surface area contributed by atoms with Gasteiger partial charge in [0.25, 0.3) is 0 Å². The van der Waals surface area contributed by atoms with Crippen LogP contribution in [0.5, 0.6) is 5.75 Å². The SMILES string of the molecule is CCN(CC)CC1CNc2c(O)cccc2C1. The van der Waals surface area contributed by atoms with Crippen LogP contribution in [0.3, 0.4) is 0 Å². The fraction of sp³-hybridized carbons (Fsp3) is 0.571. The summed E-state index contributed by atoms with van der Waals surface area (Å²) in [6.07, 6.45) is 1.06. The molecule has 1 aliphatic heterocycles. The highest BCUT2D eigenvalue weighted by Crippen LogP contribution is 2.32. The molecule has 0 aromatic heterocycles. The van der Waals surface area contributed by atoms with Crippen molar-refractivity contribution in [3.63, 3.8) is 0 Å². The smallest absolute Gasteiger partial charge is 0.138 e. The van der Waals surface area contributed by atoms with Crippen molar-refractivity contribution in [1.82, 2.24) is 4.90 Å². The van der Waals surface area contributed by atoms with Crippen molar-refractivity contribution >= 4 is 5.69 Å². The normalized spacial score (nSPS) is 18.9. The van der Waals surface area contributed by atoms with Crippen LogP contribution >= 0.6 is 0 Å². The summed E-state index contributed by atoms with van der Waals surface area (Å²) < 4.78 is 0. The van der Waals surface area contributed by atoms with E-state index < -0.39 is 0 Å². The average molecular weight is 234 g/mol. The number of phenols is 1. The highest BCUT2D eigenvalue weighted by Gasteiger charge is 2.21. The van der Waals surface area contributed by atoms with E-state index >= 15 is 0 Å². The van der Waals surface area contributed by atoms with Gasteiger partial charge in [-0.05, 0) is 37.1 Å². The lowest BCUT2D eigenvalue weighted by atomic mass is 9.93. The summed E-state index contributed by atoms with van der Waals surface area (Å²) in [5.74, 6) is 1.02. The molecule has 94 valence electrons. The molecule has 0 bridgehead atoms. The summed E-state index contributed by atoms with van der Waals surface area (Å²) >= 11 is 0. The number of benzene rings is 1. The number of para-hydroxylation sites is 1. The number of fused-ring (bicyclic) bond motifs is 1. The Morgan fingerprint density at radius 2 is 2.12 bits per heavy atom. The molecule has 1 aliphatic rings. The molecular formula is C14H22N2O. The number of phenolic OH excluding ortho intramolecular Hbond substituents is 1. The Balaban J connectivity index is 2.03. The van der Waals surface area contributed by atoms with Crippen LogP contribution in [0.1, 0.15) is 19.4 Å². The van der Waals surface area contributed by atoms with Gasteiger partial charge in [0.2, 0.25) is 0 Å². The number of hydrogen-bond acceptors (Lipinski definition) is 3. The van der Waals surface area contributed by atoms with Gasteiger partial charge in [0.05, 0.1) is 5.69 Å². The highest BCUT2D eigenvalue weighted by atomic mass is 16.3. The Hall–Kier alpha value is -1.22. The van der Waals surface area contributed by atoms with Gasteiger partial charge >= 0.3 is 0 Å². The summed E-state index contributed by atoms with van der Waals surface area (Å²) in [7, 11) is 0. The molecule has 1 aromatic carbocycles. The van der Waals surface area contributed by atoms with Crippen LogP contribution in [0, 0.1) is 5.92 Å². The molecule has 1 atom stereocenters. The van der Waals surface area contributed by atoms with Gasteiger partial charge in [-0.3, -0.25) is 0 Å². The minimum absolute atomic E-state index is 0.379. The van der Waals surface area contributed by atoms with E-state index in [9.17, 15) is 5.11 Å². The van der Waals surface area contributed by atoms with Crippen molar-refractivity contribution in [2.45, 2.75) is 20.3 Å². The fourth-order valence-electron chi connectivity index (χ4n) is 2.57. The molecule has 3 heteroatoms. The minimum Gasteiger partial charge on any atom is -0.506 e. The Labute approximate surface area is 103 Å². The lowest BCUT2D eigenvalue weighted by molar-refractivity contribution is 0.254. The Bertz CT molecular complexity index is 374. The van der Waals surface area contributed by atoms with Gasteiger partial charge in [0, 0.05) is 13.1 Å². The number of aromatic hydroxyl groups is 1. The number of anilines is 1. The molecule has 1 unspecified atom stereocenters. The maximum absolute atomic E-state index is 9.74. The van der Waals surface area contributed by atoms with Crippen molar-refractivity contribution in [2.75, 3.05) is 31.5 Å². The molecule has 0 spiro atoms. The van der Waals surface area contributed by atoms with E-state index in [1.165, 1.54) is 5.56 Å². The van der Waals surface area contributed by atoms with Crippen LogP contribution in [-0.2, 0) is 6.42 Å². The van der Waals surface area contributed by atoms with E-state index in [1.54, 1.807) is 6.07 Å². The fourth-order valence-corrected chi connectivity index (χ4v) is 2.57. The van der Waals surface area contributed by atoms with Crippen molar-refractivity contribution < 1.29 is 5.11 Å². The predicted octanol–water partition coefficient (Wildman–Crippen LogP) is 2.32. The van der Waals surface area contributed by atoms with Gasteiger partial charge in [-0.25, -0.2) is 0 Å². The summed E-state index contributed by atoms with van der Waals surface area (Å²) in [5.41, 5.74) is 2.18. The summed E-state index contributed by atoms with van der Waals surface area (Å²) in [5, 5.41) is 13.1. The summed E-state index contributed by atoms with van der Waals surface area (Å²) in [6.45, 7) is 8.73. The van der Waals surface area contributed by atoms with Gasteiger partial charge in [0.15, 0.2) is 0 Å². The summed E-state index contributed by atoms with van der Waals surface area (Å²) in [4.78, 5) is 2.46. The minimum atomic E-state index is 0.379. The average Bonchev–Trinajstić information content (AvgIpc) is 2.36. The molecule has 2 rings (SSSR count). The molecule has 0 radical (unpaired) electrons. The monoisotopic (exact) mass is 234 g/mol. The second-order valence-electron chi connectivity index (χ2n) is 4.75. The molecule has 17 heavy (non-hydrogen) atoms. The zero-order valence-electron chi connectivity index (χ0n) is 10.7. The van der Waals surface area contributed by atoms with E-state index in [0.717, 1.165) is 38.3 Å². The quantitative estimate of drug-likeness (QED) is 0.785. The van der Waals surface area contributed by atoms with Gasteiger partial charge in [0.1, 0.15) is 5.75 Å². The number of nitrogens with zero attached hydrogens (tertiary/aromatic N) is 1. The van der Waals surface area contributed by atoms with E-state index in [2.05, 4.69) is 30.1 Å². The first-order chi connectivity index (χ1) is 8.24. The molecule has 0 aliphatic carbocycles. The number of rotatable bonds is 4. The Morgan fingerprint density at radius 1 is 1.35 bits per heavy atom. The molecule has 1 aromatic rings. The first-order valence-electron chi connectivity index (χ1n) is 6.51. The topological polar surface area (TPSA) is 35.5 Å². The maximum atomic E-state index is 9.74. The lowest BCUT2D eigenvalue weighted by Gasteiger charge is -2.30. The van der Waals surface area contributed by atoms with Crippen LogP contribution in [0.15, 0.2) is 18.2 Å². The van der Waals surface area contributed by atoms with Crippen molar-refractivity contribution in [2.24, 2.45) is 5.92 Å². The first kappa shape index (κ1) is 12.2. The van der Waals surface area contributed by atoms with Gasteiger partial charge in [-0.1, -0.05) is 26.0 Å². The molecule has 2 N–H and O–H groups in total. The molecule has 0 fully saturated rings. The first-order valence-corrected chi connectivity index (χ1v) is 6.51. The molecule has 0 saturated heterocycles. The van der Waals surface area contributed by atoms with Crippen molar-refractivity contribution in [1.29, 1.82) is 0 Å². The van der Waals surface area contributed by atoms with Crippen LogP contribution < -0.4 is 5.32 Å². The molecule has 3 nitrogen and oxygen atoms in total. The van der Waals surface area contributed by atoms with Crippen LogP contribution in [0.25, 0.3) is 0 Å². The highest BCUT2D eigenvalue weighted by molar-refractivity contribution is 5.62.